The number of methoxy groups -OCH3 is 1. The first kappa shape index (κ1) is 18.6. The fraction of sp³-hybridized carbons (Fsp3) is 0.500. The zero-order valence-corrected chi connectivity index (χ0v) is 16.9. The van der Waals surface area contributed by atoms with Gasteiger partial charge in [0.15, 0.2) is 0 Å². The predicted molar refractivity (Wildman–Crippen MR) is 110 cm³/mol. The van der Waals surface area contributed by atoms with Crippen LogP contribution in [0.25, 0.3) is 11.0 Å². The second-order valence-corrected chi connectivity index (χ2v) is 7.49. The number of imidazole rings is 1. The van der Waals surface area contributed by atoms with Crippen molar-refractivity contribution in [3.63, 3.8) is 0 Å². The molecule has 4 heterocycles. The summed E-state index contributed by atoms with van der Waals surface area (Å²) in [6.07, 6.45) is 5.98. The number of hydrogen-bond acceptors (Lipinski definition) is 7. The number of fused-ring (bicyclic) bond motifs is 1. The van der Waals surface area contributed by atoms with Crippen molar-refractivity contribution < 1.29 is 4.74 Å². The topological polar surface area (TPSA) is 81.0 Å². The van der Waals surface area contributed by atoms with E-state index in [1.807, 2.05) is 19.1 Å². The molecule has 8 nitrogen and oxygen atoms in total. The molecule has 1 N–H and O–H groups in total. The average Bonchev–Trinajstić information content (AvgIpc) is 3.03. The molecule has 1 unspecified atom stereocenters. The Hall–Kier alpha value is -2.74. The number of ether oxygens (including phenoxy) is 1. The Morgan fingerprint density at radius 2 is 2.07 bits per heavy atom. The molecule has 0 bridgehead atoms. The fourth-order valence-electron chi connectivity index (χ4n) is 3.85. The molecule has 1 aliphatic heterocycles. The van der Waals surface area contributed by atoms with Crippen LogP contribution < -0.4 is 10.2 Å². The average molecular weight is 381 g/mol. The highest BCUT2D eigenvalue weighted by Gasteiger charge is 2.21. The van der Waals surface area contributed by atoms with Gasteiger partial charge in [0.1, 0.15) is 23.0 Å². The van der Waals surface area contributed by atoms with E-state index in [0.717, 1.165) is 60.4 Å². The molecule has 0 spiro atoms. The van der Waals surface area contributed by atoms with Gasteiger partial charge >= 0.3 is 0 Å². The van der Waals surface area contributed by atoms with Crippen LogP contribution in [0.4, 0.5) is 17.6 Å². The van der Waals surface area contributed by atoms with Gasteiger partial charge in [0.2, 0.25) is 5.95 Å². The third-order valence-electron chi connectivity index (χ3n) is 5.16. The zero-order valence-electron chi connectivity index (χ0n) is 16.9. The van der Waals surface area contributed by atoms with E-state index >= 15 is 0 Å². The molecule has 1 fully saturated rings. The lowest BCUT2D eigenvalue weighted by Crippen LogP contribution is -2.40. The normalized spacial score (nSPS) is 17.5. The molecule has 28 heavy (non-hydrogen) atoms. The number of nitrogens with one attached hydrogen (secondary N) is 1. The number of nitrogens with zero attached hydrogens (tertiary/aromatic N) is 6. The molecule has 0 amide bonds. The Labute approximate surface area is 165 Å². The van der Waals surface area contributed by atoms with Crippen LogP contribution in [0.3, 0.4) is 0 Å². The van der Waals surface area contributed by atoms with Crippen LogP contribution in [0.15, 0.2) is 24.5 Å². The highest BCUT2D eigenvalue weighted by Crippen LogP contribution is 2.24. The van der Waals surface area contributed by atoms with Crippen LogP contribution in [0.2, 0.25) is 0 Å². The maximum Gasteiger partial charge on any atom is 0.227 e. The smallest absolute Gasteiger partial charge is 0.227 e. The standard InChI is InChI=1S/C20H27N7O/c1-13(2)27-14(3)23-16-11-22-19(10-17(16)27)24-18-7-8-21-20(25-18)26-9-5-6-15(12-26)28-4/h7-8,10-11,13,15H,5-6,9,12H2,1-4H3,(H,21,22,24,25). The molecule has 148 valence electrons. The van der Waals surface area contributed by atoms with Crippen LogP contribution in [-0.4, -0.2) is 50.8 Å². The number of rotatable bonds is 5. The summed E-state index contributed by atoms with van der Waals surface area (Å²) >= 11 is 0. The van der Waals surface area contributed by atoms with Crippen LogP contribution in [0.1, 0.15) is 38.6 Å². The summed E-state index contributed by atoms with van der Waals surface area (Å²) in [5, 5.41) is 3.31. The van der Waals surface area contributed by atoms with Crippen molar-refractivity contribution in [3.8, 4) is 0 Å². The molecule has 3 aromatic rings. The second kappa shape index (κ2) is 7.71. The molecule has 1 saturated heterocycles. The van der Waals surface area contributed by atoms with Crippen molar-refractivity contribution in [2.24, 2.45) is 0 Å². The van der Waals surface area contributed by atoms with E-state index in [0.29, 0.717) is 6.04 Å². The van der Waals surface area contributed by atoms with Crippen molar-refractivity contribution in [2.75, 3.05) is 30.4 Å². The largest absolute Gasteiger partial charge is 0.380 e. The minimum Gasteiger partial charge on any atom is -0.380 e. The second-order valence-electron chi connectivity index (χ2n) is 7.49. The first-order chi connectivity index (χ1) is 13.5. The van der Waals surface area contributed by atoms with Crippen LogP contribution in [0, 0.1) is 6.92 Å². The molecule has 8 heteroatoms. The molecule has 1 aliphatic rings. The van der Waals surface area contributed by atoms with Gasteiger partial charge in [-0.25, -0.2) is 15.0 Å². The summed E-state index contributed by atoms with van der Waals surface area (Å²) in [4.78, 5) is 20.4. The number of pyridine rings is 1. The highest BCUT2D eigenvalue weighted by atomic mass is 16.5. The van der Waals surface area contributed by atoms with Gasteiger partial charge in [-0.2, -0.15) is 4.98 Å². The minimum atomic E-state index is 0.234. The summed E-state index contributed by atoms with van der Waals surface area (Å²) in [7, 11) is 1.76. The summed E-state index contributed by atoms with van der Waals surface area (Å²) < 4.78 is 7.73. The van der Waals surface area contributed by atoms with Crippen molar-refractivity contribution in [3.05, 3.63) is 30.4 Å². The Morgan fingerprint density at radius 3 is 2.86 bits per heavy atom. The van der Waals surface area contributed by atoms with E-state index in [1.165, 1.54) is 0 Å². The molecular formula is C20H27N7O. The van der Waals surface area contributed by atoms with Crippen molar-refractivity contribution >= 4 is 28.6 Å². The number of aryl methyl sites for hydroxylation is 1. The SMILES string of the molecule is COC1CCCN(c2nccc(Nc3cc4c(cn3)nc(C)n4C(C)C)n2)C1. The van der Waals surface area contributed by atoms with Gasteiger partial charge in [-0.3, -0.25) is 0 Å². The van der Waals surface area contributed by atoms with Crippen molar-refractivity contribution in [1.82, 2.24) is 24.5 Å². The monoisotopic (exact) mass is 381 g/mol. The van der Waals surface area contributed by atoms with E-state index in [4.69, 9.17) is 4.74 Å². The highest BCUT2D eigenvalue weighted by molar-refractivity contribution is 5.79. The first-order valence-electron chi connectivity index (χ1n) is 9.77. The summed E-state index contributed by atoms with van der Waals surface area (Å²) in [5.41, 5.74) is 1.97. The number of hydrogen-bond donors (Lipinski definition) is 1. The third kappa shape index (κ3) is 3.64. The molecule has 0 aromatic carbocycles. The van der Waals surface area contributed by atoms with Crippen molar-refractivity contribution in [1.29, 1.82) is 0 Å². The molecule has 0 radical (unpaired) electrons. The first-order valence-corrected chi connectivity index (χ1v) is 9.77. The number of piperidine rings is 1. The molecule has 4 rings (SSSR count). The quantitative estimate of drug-likeness (QED) is 0.725. The Morgan fingerprint density at radius 1 is 1.21 bits per heavy atom. The van der Waals surface area contributed by atoms with E-state index in [1.54, 1.807) is 19.5 Å². The van der Waals surface area contributed by atoms with E-state index in [-0.39, 0.29) is 6.10 Å². The Kier molecular flexibility index (Phi) is 5.13. The van der Waals surface area contributed by atoms with Gasteiger partial charge < -0.3 is 19.5 Å². The lowest BCUT2D eigenvalue weighted by atomic mass is 10.1. The van der Waals surface area contributed by atoms with E-state index in [2.05, 4.69) is 48.6 Å². The van der Waals surface area contributed by atoms with Gasteiger partial charge in [-0.1, -0.05) is 0 Å². The van der Waals surface area contributed by atoms with Gasteiger partial charge in [-0.15, -0.1) is 0 Å². The Bertz CT molecular complexity index is 968. The van der Waals surface area contributed by atoms with Gasteiger partial charge in [0.25, 0.3) is 0 Å². The molecule has 0 saturated carbocycles. The van der Waals surface area contributed by atoms with Crippen molar-refractivity contribution in [2.45, 2.75) is 45.8 Å². The minimum absolute atomic E-state index is 0.234. The van der Waals surface area contributed by atoms with Crippen LogP contribution in [0.5, 0.6) is 0 Å². The van der Waals surface area contributed by atoms with E-state index in [9.17, 15) is 0 Å². The lowest BCUT2D eigenvalue weighted by Gasteiger charge is -2.31. The Balaban J connectivity index is 1.58. The van der Waals surface area contributed by atoms with Gasteiger partial charge in [-0.05, 0) is 39.7 Å². The number of aromatic nitrogens is 5. The lowest BCUT2D eigenvalue weighted by molar-refractivity contribution is 0.0889. The maximum absolute atomic E-state index is 5.51. The molecule has 3 aromatic heterocycles. The summed E-state index contributed by atoms with van der Waals surface area (Å²) in [6.45, 7) is 8.10. The fourth-order valence-corrected chi connectivity index (χ4v) is 3.85. The number of anilines is 3. The van der Waals surface area contributed by atoms with Crippen LogP contribution >= 0.6 is 0 Å². The molecule has 1 atom stereocenters. The zero-order chi connectivity index (χ0) is 19.7. The summed E-state index contributed by atoms with van der Waals surface area (Å²) in [6, 6.07) is 4.22. The van der Waals surface area contributed by atoms with E-state index < -0.39 is 0 Å². The van der Waals surface area contributed by atoms with Crippen LogP contribution in [-0.2, 0) is 4.74 Å². The maximum atomic E-state index is 5.51. The molecule has 0 aliphatic carbocycles. The summed E-state index contributed by atoms with van der Waals surface area (Å²) in [5.74, 6) is 3.18. The molecular weight excluding hydrogens is 354 g/mol. The van der Waals surface area contributed by atoms with Gasteiger partial charge in [0.05, 0.1) is 17.8 Å². The van der Waals surface area contributed by atoms with Gasteiger partial charge in [0, 0.05) is 38.5 Å². The third-order valence-corrected chi connectivity index (χ3v) is 5.16. The predicted octanol–water partition coefficient (Wildman–Crippen LogP) is 3.47.